The van der Waals surface area contributed by atoms with Crippen molar-refractivity contribution in [2.24, 2.45) is 0 Å². The third kappa shape index (κ3) is 2.89. The number of carbonyl (C=O) groups is 2. The summed E-state index contributed by atoms with van der Waals surface area (Å²) in [5.74, 6) is 1.41. The van der Waals surface area contributed by atoms with E-state index in [2.05, 4.69) is 0 Å². The molecule has 5 heteroatoms. The molecular formula is C12H17O4P. The van der Waals surface area contributed by atoms with Crippen molar-refractivity contribution < 1.29 is 19.1 Å². The molecule has 1 aromatic rings. The Bertz CT molecular complexity index is 434. The van der Waals surface area contributed by atoms with Gasteiger partial charge in [-0.05, 0) is 44.6 Å². The highest BCUT2D eigenvalue weighted by atomic mass is 31.1. The molecule has 0 bridgehead atoms. The monoisotopic (exact) mass is 256 g/mol. The van der Waals surface area contributed by atoms with Gasteiger partial charge in [0.2, 0.25) is 0 Å². The van der Waals surface area contributed by atoms with Crippen LogP contribution in [0.5, 0.6) is 0 Å². The molecule has 1 atom stereocenters. The number of rotatable bonds is 4. The van der Waals surface area contributed by atoms with Crippen LogP contribution in [0, 0.1) is 13.8 Å². The second-order valence-electron chi connectivity index (χ2n) is 3.58. The summed E-state index contributed by atoms with van der Waals surface area (Å²) >= 11 is 0. The van der Waals surface area contributed by atoms with E-state index in [1.54, 1.807) is 13.8 Å². The highest BCUT2D eigenvalue weighted by Crippen LogP contribution is 2.41. The molecule has 1 aromatic heterocycles. The van der Waals surface area contributed by atoms with Crippen LogP contribution in [0.25, 0.3) is 0 Å². The van der Waals surface area contributed by atoms with E-state index in [0.29, 0.717) is 18.5 Å². The van der Waals surface area contributed by atoms with E-state index < -0.39 is 13.5 Å². The van der Waals surface area contributed by atoms with Gasteiger partial charge in [0.25, 0.3) is 0 Å². The molecule has 0 aliphatic rings. The zero-order valence-electron chi connectivity index (χ0n) is 10.6. The fraction of sp³-hybridized carbons (Fsp3) is 0.500. The van der Waals surface area contributed by atoms with E-state index in [4.69, 9.17) is 9.47 Å². The van der Waals surface area contributed by atoms with Crippen LogP contribution in [0.2, 0.25) is 0 Å². The lowest BCUT2D eigenvalue weighted by molar-refractivity contribution is 0.0530. The van der Waals surface area contributed by atoms with Crippen molar-refractivity contribution in [1.82, 2.24) is 0 Å². The van der Waals surface area contributed by atoms with Crippen LogP contribution in [-0.4, -0.2) is 24.9 Å². The maximum atomic E-state index is 11.8. The van der Waals surface area contributed by atoms with E-state index in [1.165, 1.54) is 0 Å². The summed E-state index contributed by atoms with van der Waals surface area (Å²) in [7, 11) is -1.32. The Labute approximate surface area is 102 Å². The predicted octanol–water partition coefficient (Wildman–Crippen LogP) is 3.47. The van der Waals surface area contributed by atoms with Crippen molar-refractivity contribution in [3.63, 3.8) is 0 Å². The average Bonchev–Trinajstić information content (AvgIpc) is 2.56. The van der Waals surface area contributed by atoms with Crippen molar-refractivity contribution in [2.45, 2.75) is 27.7 Å². The number of hydrogen-bond acceptors (Lipinski definition) is 4. The van der Waals surface area contributed by atoms with Gasteiger partial charge in [-0.3, -0.25) is 0 Å². The first-order valence-corrected chi connectivity index (χ1v) is 6.96. The number of hydrogen-bond donors (Lipinski definition) is 0. The van der Waals surface area contributed by atoms with E-state index in [0.717, 1.165) is 11.1 Å². The summed E-state index contributed by atoms with van der Waals surface area (Å²) in [4.78, 5) is 23.6. The maximum absolute atomic E-state index is 11.8. The molecule has 0 fully saturated rings. The first-order chi connectivity index (χ1) is 8.02. The summed E-state index contributed by atoms with van der Waals surface area (Å²) in [6.45, 7) is 7.84. The minimum absolute atomic E-state index is 0.306. The van der Waals surface area contributed by atoms with Crippen molar-refractivity contribution in [1.29, 1.82) is 0 Å². The third-order valence-electron chi connectivity index (χ3n) is 2.44. The molecule has 4 nitrogen and oxygen atoms in total. The fourth-order valence-electron chi connectivity index (χ4n) is 1.51. The second kappa shape index (κ2) is 5.87. The summed E-state index contributed by atoms with van der Waals surface area (Å²) in [5.41, 5.74) is 1.46. The largest absolute Gasteiger partial charge is 0.462 e. The Kier molecular flexibility index (Phi) is 4.76. The molecular weight excluding hydrogens is 239 g/mol. The zero-order chi connectivity index (χ0) is 13.0. The van der Waals surface area contributed by atoms with Crippen LogP contribution in [-0.2, 0) is 9.47 Å². The summed E-state index contributed by atoms with van der Waals surface area (Å²) in [6, 6.07) is 0. The average molecular weight is 256 g/mol. The van der Waals surface area contributed by atoms with E-state index in [9.17, 15) is 9.59 Å². The molecule has 0 N–H and O–H groups in total. The summed E-state index contributed by atoms with van der Waals surface area (Å²) in [6.07, 6.45) is 0. The van der Waals surface area contributed by atoms with Crippen molar-refractivity contribution in [3.05, 3.63) is 22.2 Å². The lowest BCUT2D eigenvalue weighted by Gasteiger charge is -2.05. The minimum atomic E-state index is -1.32. The SMILES string of the molecule is CCOC(=O)c1c(C)c(C)cp1C(=O)OCC. The van der Waals surface area contributed by atoms with Crippen LogP contribution >= 0.6 is 7.53 Å². The molecule has 0 saturated heterocycles. The first-order valence-electron chi connectivity index (χ1n) is 5.55. The zero-order valence-corrected chi connectivity index (χ0v) is 11.5. The molecule has 1 unspecified atom stereocenters. The Morgan fingerprint density at radius 3 is 2.29 bits per heavy atom. The maximum Gasteiger partial charge on any atom is 0.352 e. The number of aryl methyl sites for hydroxylation is 1. The Hall–Kier alpha value is -1.28. The summed E-state index contributed by atoms with van der Waals surface area (Å²) < 4.78 is 9.97. The Morgan fingerprint density at radius 2 is 1.76 bits per heavy atom. The molecule has 0 spiro atoms. The Balaban J connectivity index is 3.17. The fourth-order valence-corrected chi connectivity index (χ4v) is 3.58. The molecule has 0 amide bonds. The normalized spacial score (nSPS) is 11.2. The highest BCUT2D eigenvalue weighted by Gasteiger charge is 2.23. The van der Waals surface area contributed by atoms with E-state index in [1.807, 2.05) is 19.6 Å². The molecule has 0 aliphatic heterocycles. The van der Waals surface area contributed by atoms with Gasteiger partial charge in [0.15, 0.2) is 0 Å². The van der Waals surface area contributed by atoms with Crippen molar-refractivity contribution in [2.75, 3.05) is 13.2 Å². The number of ether oxygens (including phenoxy) is 2. The number of esters is 1. The minimum Gasteiger partial charge on any atom is -0.462 e. The predicted molar refractivity (Wildman–Crippen MR) is 67.0 cm³/mol. The standard InChI is InChI=1S/C12H17O4P/c1-5-15-11(13)10-9(4)8(3)7-17(10)12(14)16-6-2/h7H,5-6H2,1-4H3. The van der Waals surface area contributed by atoms with Gasteiger partial charge in [-0.1, -0.05) is 0 Å². The molecule has 17 heavy (non-hydrogen) atoms. The molecule has 0 saturated carbocycles. The Morgan fingerprint density at radius 1 is 1.18 bits per heavy atom. The van der Waals surface area contributed by atoms with Crippen LogP contribution < -0.4 is 0 Å². The van der Waals surface area contributed by atoms with Crippen LogP contribution in [0.4, 0.5) is 4.79 Å². The van der Waals surface area contributed by atoms with Crippen molar-refractivity contribution in [3.8, 4) is 0 Å². The molecule has 0 radical (unpaired) electrons. The molecule has 1 heterocycles. The summed E-state index contributed by atoms with van der Waals surface area (Å²) in [5, 5.41) is 0.470. The van der Waals surface area contributed by atoms with Gasteiger partial charge in [-0.25, -0.2) is 9.59 Å². The second-order valence-corrected chi connectivity index (χ2v) is 5.39. The smallest absolute Gasteiger partial charge is 0.352 e. The van der Waals surface area contributed by atoms with Gasteiger partial charge in [-0.2, -0.15) is 0 Å². The van der Waals surface area contributed by atoms with Gasteiger partial charge in [0, 0.05) is 7.53 Å². The van der Waals surface area contributed by atoms with Gasteiger partial charge >= 0.3 is 11.7 Å². The van der Waals surface area contributed by atoms with Crippen LogP contribution in [0.15, 0.2) is 5.80 Å². The van der Waals surface area contributed by atoms with Crippen LogP contribution in [0.1, 0.15) is 35.1 Å². The first kappa shape index (κ1) is 13.8. The van der Waals surface area contributed by atoms with Gasteiger partial charge in [0.05, 0.1) is 18.5 Å². The lowest BCUT2D eigenvalue weighted by Crippen LogP contribution is -2.06. The van der Waals surface area contributed by atoms with E-state index in [-0.39, 0.29) is 5.71 Å². The lowest BCUT2D eigenvalue weighted by atomic mass is 10.2. The molecule has 0 aromatic carbocycles. The van der Waals surface area contributed by atoms with Gasteiger partial charge in [0.1, 0.15) is 0 Å². The van der Waals surface area contributed by atoms with Gasteiger partial charge in [-0.15, -0.1) is 0 Å². The van der Waals surface area contributed by atoms with E-state index >= 15 is 0 Å². The third-order valence-corrected chi connectivity index (χ3v) is 4.61. The molecule has 0 aliphatic carbocycles. The highest BCUT2D eigenvalue weighted by molar-refractivity contribution is 7.68. The number of carbonyl (C=O) groups excluding carboxylic acids is 2. The van der Waals surface area contributed by atoms with Crippen molar-refractivity contribution >= 4 is 19.2 Å². The van der Waals surface area contributed by atoms with Crippen LogP contribution in [0.3, 0.4) is 0 Å². The molecule has 94 valence electrons. The topological polar surface area (TPSA) is 52.6 Å². The quantitative estimate of drug-likeness (QED) is 0.774. The van der Waals surface area contributed by atoms with Gasteiger partial charge < -0.3 is 9.47 Å². The molecule has 1 rings (SSSR count).